The molecule has 0 aliphatic heterocycles. The topological polar surface area (TPSA) is 61.8 Å². The van der Waals surface area contributed by atoms with Crippen LogP contribution >= 0.6 is 0 Å². The molecule has 5 nitrogen and oxygen atoms in total. The third-order valence-corrected chi connectivity index (χ3v) is 6.49. The average molecular weight is 457 g/mol. The van der Waals surface area contributed by atoms with Gasteiger partial charge in [-0.05, 0) is 19.3 Å². The second-order valence-electron chi connectivity index (χ2n) is 9.00. The van der Waals surface area contributed by atoms with Crippen molar-refractivity contribution in [1.29, 1.82) is 0 Å². The van der Waals surface area contributed by atoms with E-state index < -0.39 is 17.4 Å². The lowest BCUT2D eigenvalue weighted by Crippen LogP contribution is -2.41. The Morgan fingerprint density at radius 2 is 0.906 bits per heavy atom. The molecule has 0 N–H and O–H groups in total. The summed E-state index contributed by atoms with van der Waals surface area (Å²) in [6.45, 7) is 6.79. The maximum Gasteiger partial charge on any atom is 0.323 e. The third-order valence-electron chi connectivity index (χ3n) is 6.49. The lowest BCUT2D eigenvalue weighted by molar-refractivity contribution is -0.174. The van der Waals surface area contributed by atoms with E-state index in [9.17, 15) is 9.59 Å². The molecule has 0 rings (SSSR count). The Labute approximate surface area is 198 Å². The predicted molar refractivity (Wildman–Crippen MR) is 132 cm³/mol. The fourth-order valence-electron chi connectivity index (χ4n) is 4.04. The molecule has 0 heterocycles. The Bertz CT molecular complexity index is 445. The van der Waals surface area contributed by atoms with Gasteiger partial charge in [-0.1, -0.05) is 111 Å². The number of carbonyl (C=O) groups is 2. The summed E-state index contributed by atoms with van der Waals surface area (Å²) in [7, 11) is 1.55. The summed E-state index contributed by atoms with van der Waals surface area (Å²) in [5.74, 6) is -0.948. The van der Waals surface area contributed by atoms with Crippen molar-refractivity contribution in [3.63, 3.8) is 0 Å². The van der Waals surface area contributed by atoms with Gasteiger partial charge in [0.05, 0.1) is 13.2 Å². The van der Waals surface area contributed by atoms with E-state index >= 15 is 0 Å². The molecule has 0 bridgehead atoms. The van der Waals surface area contributed by atoms with E-state index in [0.29, 0.717) is 26.1 Å². The first-order valence-corrected chi connectivity index (χ1v) is 13.4. The van der Waals surface area contributed by atoms with Crippen LogP contribution in [0.25, 0.3) is 0 Å². The fraction of sp³-hybridized carbons (Fsp3) is 0.926. The Balaban J connectivity index is 3.73. The maximum atomic E-state index is 12.6. The number of carbonyl (C=O) groups excluding carboxylic acids is 2. The highest BCUT2D eigenvalue weighted by Gasteiger charge is 2.45. The quantitative estimate of drug-likeness (QED) is 0.0910. The van der Waals surface area contributed by atoms with Gasteiger partial charge in [-0.2, -0.15) is 0 Å². The molecule has 0 aliphatic carbocycles. The van der Waals surface area contributed by atoms with Crippen LogP contribution in [0.5, 0.6) is 0 Å². The monoisotopic (exact) mass is 456 g/mol. The molecule has 0 amide bonds. The molecule has 0 aliphatic rings. The van der Waals surface area contributed by atoms with Gasteiger partial charge in [0.1, 0.15) is 6.61 Å². The standard InChI is InChI=1S/C27H52O5/c1-5-8-9-10-11-12-13-14-15-16-17-18-19-20-21-22-31-25(28)27(6-2,7-3)26(29)32-24-23-30-4/h5-24H2,1-4H3. The Hall–Kier alpha value is -1.10. The molecule has 0 saturated carbocycles. The summed E-state index contributed by atoms with van der Waals surface area (Å²) in [5.41, 5.74) is -1.19. The Kier molecular flexibility index (Phi) is 21.0. The van der Waals surface area contributed by atoms with Crippen LogP contribution < -0.4 is 0 Å². The van der Waals surface area contributed by atoms with Crippen molar-refractivity contribution in [2.45, 2.75) is 130 Å². The van der Waals surface area contributed by atoms with Gasteiger partial charge in [-0.25, -0.2) is 0 Å². The fourth-order valence-corrected chi connectivity index (χ4v) is 4.04. The maximum absolute atomic E-state index is 12.6. The first-order chi connectivity index (χ1) is 15.6. The first-order valence-electron chi connectivity index (χ1n) is 13.4. The molecule has 32 heavy (non-hydrogen) atoms. The minimum absolute atomic E-state index is 0.156. The second-order valence-corrected chi connectivity index (χ2v) is 9.00. The van der Waals surface area contributed by atoms with Crippen molar-refractivity contribution in [2.24, 2.45) is 5.41 Å². The van der Waals surface area contributed by atoms with Gasteiger partial charge in [0, 0.05) is 7.11 Å². The molecule has 0 radical (unpaired) electrons. The van der Waals surface area contributed by atoms with E-state index in [0.717, 1.165) is 12.8 Å². The van der Waals surface area contributed by atoms with E-state index in [1.807, 2.05) is 13.8 Å². The zero-order valence-corrected chi connectivity index (χ0v) is 21.7. The van der Waals surface area contributed by atoms with Crippen LogP contribution in [0.4, 0.5) is 0 Å². The predicted octanol–water partition coefficient (Wildman–Crippen LogP) is 7.40. The number of esters is 2. The minimum Gasteiger partial charge on any atom is -0.465 e. The summed E-state index contributed by atoms with van der Waals surface area (Å²) in [6, 6.07) is 0. The molecule has 0 unspecified atom stereocenters. The van der Waals surface area contributed by atoms with Crippen LogP contribution in [-0.2, 0) is 23.8 Å². The molecule has 190 valence electrons. The van der Waals surface area contributed by atoms with E-state index in [1.54, 1.807) is 7.11 Å². The van der Waals surface area contributed by atoms with Crippen LogP contribution in [0.3, 0.4) is 0 Å². The van der Waals surface area contributed by atoms with Gasteiger partial charge >= 0.3 is 11.9 Å². The highest BCUT2D eigenvalue weighted by molar-refractivity contribution is 5.99. The van der Waals surface area contributed by atoms with Gasteiger partial charge in [0.2, 0.25) is 0 Å². The van der Waals surface area contributed by atoms with Crippen molar-refractivity contribution >= 4 is 11.9 Å². The van der Waals surface area contributed by atoms with Crippen molar-refractivity contribution in [1.82, 2.24) is 0 Å². The number of methoxy groups -OCH3 is 1. The molecule has 0 aromatic heterocycles. The number of unbranched alkanes of at least 4 members (excludes halogenated alkanes) is 14. The van der Waals surface area contributed by atoms with Crippen LogP contribution in [-0.4, -0.2) is 38.9 Å². The third kappa shape index (κ3) is 14.1. The molecule has 0 aromatic rings. The smallest absolute Gasteiger partial charge is 0.323 e. The lowest BCUT2D eigenvalue weighted by atomic mass is 9.82. The molecule has 0 aromatic carbocycles. The molecular formula is C27H52O5. The van der Waals surface area contributed by atoms with E-state index in [4.69, 9.17) is 14.2 Å². The van der Waals surface area contributed by atoms with Crippen molar-refractivity contribution in [2.75, 3.05) is 26.9 Å². The number of rotatable bonds is 23. The lowest BCUT2D eigenvalue weighted by Gasteiger charge is -2.26. The minimum atomic E-state index is -1.19. The van der Waals surface area contributed by atoms with E-state index in [-0.39, 0.29) is 6.61 Å². The number of hydrogen-bond donors (Lipinski definition) is 0. The van der Waals surface area contributed by atoms with Gasteiger partial charge < -0.3 is 14.2 Å². The Morgan fingerprint density at radius 3 is 1.28 bits per heavy atom. The van der Waals surface area contributed by atoms with Gasteiger partial charge in [-0.15, -0.1) is 0 Å². The average Bonchev–Trinajstić information content (AvgIpc) is 2.80. The van der Waals surface area contributed by atoms with Crippen molar-refractivity contribution in [3.8, 4) is 0 Å². The molecule has 5 heteroatoms. The normalized spacial score (nSPS) is 11.5. The largest absolute Gasteiger partial charge is 0.465 e. The zero-order valence-electron chi connectivity index (χ0n) is 21.7. The first kappa shape index (κ1) is 30.9. The van der Waals surface area contributed by atoms with Crippen LogP contribution in [0, 0.1) is 5.41 Å². The summed E-state index contributed by atoms with van der Waals surface area (Å²) >= 11 is 0. The highest BCUT2D eigenvalue weighted by atomic mass is 16.6. The highest BCUT2D eigenvalue weighted by Crippen LogP contribution is 2.30. The van der Waals surface area contributed by atoms with Crippen LogP contribution in [0.15, 0.2) is 0 Å². The van der Waals surface area contributed by atoms with Crippen LogP contribution in [0.2, 0.25) is 0 Å². The number of ether oxygens (including phenoxy) is 3. The Morgan fingerprint density at radius 1 is 0.531 bits per heavy atom. The van der Waals surface area contributed by atoms with Gasteiger partial charge in [-0.3, -0.25) is 9.59 Å². The van der Waals surface area contributed by atoms with E-state index in [2.05, 4.69) is 6.92 Å². The summed E-state index contributed by atoms with van der Waals surface area (Å²) in [6.07, 6.45) is 20.3. The van der Waals surface area contributed by atoms with Gasteiger partial charge in [0.25, 0.3) is 0 Å². The summed E-state index contributed by atoms with van der Waals surface area (Å²) in [5, 5.41) is 0. The van der Waals surface area contributed by atoms with Crippen molar-refractivity contribution in [3.05, 3.63) is 0 Å². The van der Waals surface area contributed by atoms with E-state index in [1.165, 1.54) is 83.5 Å². The molecule has 0 atom stereocenters. The van der Waals surface area contributed by atoms with Crippen LogP contribution in [0.1, 0.15) is 130 Å². The molecular weight excluding hydrogens is 404 g/mol. The second kappa shape index (κ2) is 21.7. The molecule has 0 fully saturated rings. The van der Waals surface area contributed by atoms with Gasteiger partial charge in [0.15, 0.2) is 5.41 Å². The zero-order chi connectivity index (χ0) is 23.9. The van der Waals surface area contributed by atoms with Crippen molar-refractivity contribution < 1.29 is 23.8 Å². The SMILES string of the molecule is CCCCCCCCCCCCCCCCCOC(=O)C(CC)(CC)C(=O)OCCOC. The number of hydrogen-bond acceptors (Lipinski definition) is 5. The summed E-state index contributed by atoms with van der Waals surface area (Å²) in [4.78, 5) is 25.0. The molecule has 0 saturated heterocycles. The molecule has 0 spiro atoms. The summed E-state index contributed by atoms with van der Waals surface area (Å²) < 4.78 is 15.6.